The second kappa shape index (κ2) is 8.32. The molecule has 2 amide bonds. The molecule has 130 valence electrons. The third-order valence-corrected chi connectivity index (χ3v) is 5.21. The Bertz CT molecular complexity index is 571. The highest BCUT2D eigenvalue weighted by Gasteiger charge is 2.20. The highest BCUT2D eigenvalue weighted by atomic mass is 16.2. The Morgan fingerprint density at radius 1 is 0.875 bits per heavy atom. The summed E-state index contributed by atoms with van der Waals surface area (Å²) in [4.78, 5) is 27.1. The predicted octanol–water partition coefficient (Wildman–Crippen LogP) is 3.77. The van der Waals surface area contributed by atoms with Crippen molar-refractivity contribution >= 4 is 11.8 Å². The van der Waals surface area contributed by atoms with Gasteiger partial charge in [0.25, 0.3) is 11.8 Å². The number of amides is 2. The maximum atomic E-state index is 12.7. The van der Waals surface area contributed by atoms with Crippen molar-refractivity contribution in [3.05, 3.63) is 35.4 Å². The second-order valence-corrected chi connectivity index (χ2v) is 7.10. The molecule has 0 atom stereocenters. The molecular weight excluding hydrogens is 300 g/mol. The minimum absolute atomic E-state index is 0.0487. The van der Waals surface area contributed by atoms with Crippen LogP contribution in [0.3, 0.4) is 0 Å². The van der Waals surface area contributed by atoms with Crippen molar-refractivity contribution in [3.63, 3.8) is 0 Å². The molecule has 1 saturated carbocycles. The Hall–Kier alpha value is -1.84. The van der Waals surface area contributed by atoms with Gasteiger partial charge >= 0.3 is 0 Å². The van der Waals surface area contributed by atoms with Gasteiger partial charge in [0.2, 0.25) is 0 Å². The van der Waals surface area contributed by atoms with Crippen molar-refractivity contribution in [1.82, 2.24) is 10.2 Å². The Balaban J connectivity index is 1.66. The fourth-order valence-corrected chi connectivity index (χ4v) is 3.77. The van der Waals surface area contributed by atoms with Gasteiger partial charge in [0.15, 0.2) is 0 Å². The van der Waals surface area contributed by atoms with E-state index in [0.29, 0.717) is 11.1 Å². The Kier molecular flexibility index (Phi) is 5.89. The summed E-state index contributed by atoms with van der Waals surface area (Å²) in [6.45, 7) is 1.66. The van der Waals surface area contributed by atoms with Crippen molar-refractivity contribution in [2.45, 2.75) is 63.8 Å². The van der Waals surface area contributed by atoms with Crippen LogP contribution < -0.4 is 5.32 Å². The van der Waals surface area contributed by atoms with Crippen LogP contribution in [0.2, 0.25) is 0 Å². The van der Waals surface area contributed by atoms with E-state index in [9.17, 15) is 9.59 Å². The third kappa shape index (κ3) is 4.37. The number of carbonyl (C=O) groups excluding carboxylic acids is 2. The topological polar surface area (TPSA) is 49.4 Å². The monoisotopic (exact) mass is 328 g/mol. The van der Waals surface area contributed by atoms with Crippen LogP contribution in [0.1, 0.15) is 78.5 Å². The molecule has 0 radical (unpaired) electrons. The van der Waals surface area contributed by atoms with E-state index in [2.05, 4.69) is 5.32 Å². The maximum Gasteiger partial charge on any atom is 0.253 e. The molecule has 1 aromatic rings. The summed E-state index contributed by atoms with van der Waals surface area (Å²) in [6.07, 6.45) is 10.3. The minimum atomic E-state index is -0.0487. The van der Waals surface area contributed by atoms with Gasteiger partial charge in [-0.05, 0) is 43.9 Å². The molecule has 4 nitrogen and oxygen atoms in total. The van der Waals surface area contributed by atoms with E-state index in [1.807, 2.05) is 17.0 Å². The predicted molar refractivity (Wildman–Crippen MR) is 95.2 cm³/mol. The van der Waals surface area contributed by atoms with Crippen LogP contribution >= 0.6 is 0 Å². The lowest BCUT2D eigenvalue weighted by Gasteiger charge is -2.23. The zero-order valence-electron chi connectivity index (χ0n) is 14.4. The summed E-state index contributed by atoms with van der Waals surface area (Å²) in [7, 11) is 0. The number of hydrogen-bond acceptors (Lipinski definition) is 2. The first-order valence-corrected chi connectivity index (χ1v) is 9.44. The normalized spacial score (nSPS) is 19.6. The van der Waals surface area contributed by atoms with E-state index in [0.717, 1.165) is 38.8 Å². The molecule has 3 rings (SSSR count). The van der Waals surface area contributed by atoms with E-state index in [-0.39, 0.29) is 17.9 Å². The highest BCUT2D eigenvalue weighted by molar-refractivity contribution is 5.99. The second-order valence-electron chi connectivity index (χ2n) is 7.10. The van der Waals surface area contributed by atoms with E-state index in [4.69, 9.17) is 0 Å². The van der Waals surface area contributed by atoms with Gasteiger partial charge in [0.1, 0.15) is 0 Å². The van der Waals surface area contributed by atoms with Crippen molar-refractivity contribution < 1.29 is 9.59 Å². The summed E-state index contributed by atoms with van der Waals surface area (Å²) in [5.74, 6) is 0.0108. The van der Waals surface area contributed by atoms with Gasteiger partial charge < -0.3 is 10.2 Å². The number of nitrogens with one attached hydrogen (secondary N) is 1. The van der Waals surface area contributed by atoms with Crippen LogP contribution in [0.25, 0.3) is 0 Å². The number of rotatable bonds is 3. The molecule has 1 aromatic carbocycles. The lowest BCUT2D eigenvalue weighted by atomic mass is 9.95. The minimum Gasteiger partial charge on any atom is -0.349 e. The molecule has 1 aliphatic carbocycles. The zero-order valence-corrected chi connectivity index (χ0v) is 14.4. The molecule has 2 fully saturated rings. The van der Waals surface area contributed by atoms with Gasteiger partial charge in [0, 0.05) is 30.3 Å². The lowest BCUT2D eigenvalue weighted by molar-refractivity contribution is 0.0761. The summed E-state index contributed by atoms with van der Waals surface area (Å²) in [5.41, 5.74) is 1.23. The van der Waals surface area contributed by atoms with Crippen LogP contribution in [-0.4, -0.2) is 35.8 Å². The SMILES string of the molecule is O=C(NC1CCCCC1)c1cccc(C(=O)N2CCCCCC2)c1. The molecule has 1 aliphatic heterocycles. The number of carbonyl (C=O) groups is 2. The molecule has 1 saturated heterocycles. The van der Waals surface area contributed by atoms with Crippen LogP contribution in [-0.2, 0) is 0 Å². The van der Waals surface area contributed by atoms with Gasteiger partial charge in [-0.2, -0.15) is 0 Å². The van der Waals surface area contributed by atoms with Gasteiger partial charge in [-0.1, -0.05) is 38.2 Å². The molecule has 1 N–H and O–H groups in total. The van der Waals surface area contributed by atoms with Crippen molar-refractivity contribution in [3.8, 4) is 0 Å². The van der Waals surface area contributed by atoms with Gasteiger partial charge in [-0.15, -0.1) is 0 Å². The highest BCUT2D eigenvalue weighted by Crippen LogP contribution is 2.18. The standard InChI is InChI=1S/C20H28N2O2/c23-19(21-18-11-4-3-5-12-18)16-9-8-10-17(15-16)20(24)22-13-6-1-2-7-14-22/h8-10,15,18H,1-7,11-14H2,(H,21,23). The number of benzene rings is 1. The zero-order chi connectivity index (χ0) is 16.8. The summed E-state index contributed by atoms with van der Waals surface area (Å²) in [5, 5.41) is 3.13. The molecule has 0 aromatic heterocycles. The number of nitrogens with zero attached hydrogens (tertiary/aromatic N) is 1. The van der Waals surface area contributed by atoms with Crippen LogP contribution in [0.4, 0.5) is 0 Å². The fourth-order valence-electron chi connectivity index (χ4n) is 3.77. The first kappa shape index (κ1) is 17.0. The van der Waals surface area contributed by atoms with E-state index < -0.39 is 0 Å². The number of likely N-dealkylation sites (tertiary alicyclic amines) is 1. The lowest BCUT2D eigenvalue weighted by Crippen LogP contribution is -2.36. The molecule has 0 spiro atoms. The van der Waals surface area contributed by atoms with Crippen molar-refractivity contribution in [2.24, 2.45) is 0 Å². The first-order chi connectivity index (χ1) is 11.7. The van der Waals surface area contributed by atoms with Gasteiger partial charge in [-0.25, -0.2) is 0 Å². The Morgan fingerprint density at radius 3 is 2.21 bits per heavy atom. The average Bonchev–Trinajstić information content (AvgIpc) is 2.91. The van der Waals surface area contributed by atoms with E-state index in [1.54, 1.807) is 12.1 Å². The molecule has 0 unspecified atom stereocenters. The van der Waals surface area contributed by atoms with Gasteiger partial charge in [-0.3, -0.25) is 9.59 Å². The average molecular weight is 328 g/mol. The fraction of sp³-hybridized carbons (Fsp3) is 0.600. The Morgan fingerprint density at radius 2 is 1.50 bits per heavy atom. The first-order valence-electron chi connectivity index (χ1n) is 9.44. The van der Waals surface area contributed by atoms with Crippen molar-refractivity contribution in [1.29, 1.82) is 0 Å². The molecule has 4 heteroatoms. The van der Waals surface area contributed by atoms with E-state index in [1.165, 1.54) is 32.1 Å². The third-order valence-electron chi connectivity index (χ3n) is 5.21. The maximum absolute atomic E-state index is 12.7. The largest absolute Gasteiger partial charge is 0.349 e. The summed E-state index contributed by atoms with van der Waals surface area (Å²) in [6, 6.07) is 7.49. The van der Waals surface area contributed by atoms with E-state index >= 15 is 0 Å². The quantitative estimate of drug-likeness (QED) is 0.918. The summed E-state index contributed by atoms with van der Waals surface area (Å²) < 4.78 is 0. The molecule has 24 heavy (non-hydrogen) atoms. The number of hydrogen-bond donors (Lipinski definition) is 1. The van der Waals surface area contributed by atoms with Gasteiger partial charge in [0.05, 0.1) is 0 Å². The van der Waals surface area contributed by atoms with Crippen LogP contribution in [0.15, 0.2) is 24.3 Å². The molecule has 1 heterocycles. The van der Waals surface area contributed by atoms with Crippen LogP contribution in [0, 0.1) is 0 Å². The smallest absolute Gasteiger partial charge is 0.253 e. The molecule has 2 aliphatic rings. The van der Waals surface area contributed by atoms with Crippen molar-refractivity contribution in [2.75, 3.05) is 13.1 Å². The molecular formula is C20H28N2O2. The Labute approximate surface area is 144 Å². The molecule has 0 bridgehead atoms. The van der Waals surface area contributed by atoms with Crippen LogP contribution in [0.5, 0.6) is 0 Å². The summed E-state index contributed by atoms with van der Waals surface area (Å²) >= 11 is 0.